The molecule has 0 saturated heterocycles. The topological polar surface area (TPSA) is 93.2 Å². The minimum Gasteiger partial charge on any atom is -0.479 e. The largest absolute Gasteiger partial charge is 0.479 e. The summed E-state index contributed by atoms with van der Waals surface area (Å²) in [5.74, 6) is -0.0569. The van der Waals surface area contributed by atoms with E-state index < -0.39 is 12.1 Å². The Kier molecular flexibility index (Phi) is 4.87. The van der Waals surface area contributed by atoms with Gasteiger partial charge in [-0.25, -0.2) is 0 Å². The maximum absolute atomic E-state index is 13.1. The second kappa shape index (κ2) is 7.23. The first-order chi connectivity index (χ1) is 13.8. The number of ether oxygens (including phenoxy) is 1. The van der Waals surface area contributed by atoms with Gasteiger partial charge in [-0.15, -0.1) is 11.3 Å². The number of nitrogens with one attached hydrogen (secondary N) is 2. The van der Waals surface area contributed by atoms with Gasteiger partial charge in [0.2, 0.25) is 0 Å². The number of fused-ring (bicyclic) bond motifs is 2. The molecule has 0 saturated carbocycles. The first kappa shape index (κ1) is 19.5. The zero-order valence-electron chi connectivity index (χ0n) is 16.1. The third-order valence-electron chi connectivity index (χ3n) is 4.98. The number of aromatic nitrogens is 2. The number of benzene rings is 1. The second-order valence-corrected chi connectivity index (χ2v) is 8.44. The van der Waals surface area contributed by atoms with E-state index in [1.165, 1.54) is 15.9 Å². The quantitative estimate of drug-likeness (QED) is 0.485. The Hall–Kier alpha value is -2.78. The number of amides is 1. The molecule has 0 spiro atoms. The summed E-state index contributed by atoms with van der Waals surface area (Å²) in [7, 11) is 0. The molecular formula is C20H19N3O4S2. The average Bonchev–Trinajstić information content (AvgIpc) is 3.11. The van der Waals surface area contributed by atoms with Crippen molar-refractivity contribution in [3.8, 4) is 5.75 Å². The highest BCUT2D eigenvalue weighted by molar-refractivity contribution is 7.71. The molecule has 1 amide bonds. The van der Waals surface area contributed by atoms with Crippen LogP contribution < -0.4 is 15.6 Å². The van der Waals surface area contributed by atoms with Crippen LogP contribution in [0.5, 0.6) is 5.75 Å². The van der Waals surface area contributed by atoms with Crippen LogP contribution in [0, 0.1) is 4.77 Å². The number of nitrogens with zero attached hydrogens (tertiary/aromatic N) is 1. The van der Waals surface area contributed by atoms with Gasteiger partial charge < -0.3 is 15.0 Å². The van der Waals surface area contributed by atoms with Crippen molar-refractivity contribution in [1.29, 1.82) is 0 Å². The van der Waals surface area contributed by atoms with Crippen LogP contribution in [0.4, 0.5) is 5.69 Å². The normalized spacial score (nSPS) is 16.8. The molecule has 2 aromatic heterocycles. The van der Waals surface area contributed by atoms with Gasteiger partial charge in [-0.05, 0) is 56.8 Å². The van der Waals surface area contributed by atoms with Crippen molar-refractivity contribution in [2.24, 2.45) is 0 Å². The molecule has 4 rings (SSSR count). The molecule has 150 valence electrons. The van der Waals surface area contributed by atoms with Gasteiger partial charge in [0.25, 0.3) is 11.5 Å². The monoisotopic (exact) mass is 429 g/mol. The number of ketones is 1. The average molecular weight is 430 g/mol. The van der Waals surface area contributed by atoms with Gasteiger partial charge in [0.1, 0.15) is 10.6 Å². The third-order valence-corrected chi connectivity index (χ3v) is 6.48. The van der Waals surface area contributed by atoms with E-state index in [2.05, 4.69) is 10.3 Å². The lowest BCUT2D eigenvalue weighted by atomic mass is 10.0. The number of anilines is 1. The fraction of sp³-hybridized carbons (Fsp3) is 0.300. The number of rotatable bonds is 4. The Morgan fingerprint density at radius 1 is 1.34 bits per heavy atom. The highest BCUT2D eigenvalue weighted by Gasteiger charge is 2.26. The third kappa shape index (κ3) is 3.30. The minimum absolute atomic E-state index is 0.205. The van der Waals surface area contributed by atoms with Crippen LogP contribution in [0.15, 0.2) is 29.1 Å². The van der Waals surface area contributed by atoms with Crippen LogP contribution in [0.1, 0.15) is 42.0 Å². The molecule has 0 radical (unpaired) electrons. The fourth-order valence-corrected chi connectivity index (χ4v) is 4.71. The summed E-state index contributed by atoms with van der Waals surface area (Å²) >= 11 is 6.86. The molecule has 3 heterocycles. The number of aromatic amines is 1. The summed E-state index contributed by atoms with van der Waals surface area (Å²) in [6.45, 7) is 5.31. The summed E-state index contributed by atoms with van der Waals surface area (Å²) < 4.78 is 7.04. The Bertz CT molecular complexity index is 1270. The lowest BCUT2D eigenvalue weighted by Crippen LogP contribution is -2.34. The molecule has 2 atom stereocenters. The van der Waals surface area contributed by atoms with E-state index in [0.717, 1.165) is 16.1 Å². The molecule has 2 N–H and O–H groups in total. The van der Waals surface area contributed by atoms with Crippen molar-refractivity contribution in [2.75, 3.05) is 5.32 Å². The van der Waals surface area contributed by atoms with Gasteiger partial charge in [-0.2, -0.15) is 0 Å². The van der Waals surface area contributed by atoms with Gasteiger partial charge in [0.15, 0.2) is 16.7 Å². The van der Waals surface area contributed by atoms with Gasteiger partial charge in [-0.3, -0.25) is 19.0 Å². The van der Waals surface area contributed by atoms with E-state index in [0.29, 0.717) is 22.4 Å². The second-order valence-electron chi connectivity index (χ2n) is 6.91. The number of aryl methyl sites for hydroxylation is 1. The number of hydrogen-bond acceptors (Lipinski definition) is 6. The maximum Gasteiger partial charge on any atom is 0.265 e. The van der Waals surface area contributed by atoms with Crippen molar-refractivity contribution >= 4 is 51.1 Å². The first-order valence-electron chi connectivity index (χ1n) is 9.23. The predicted octanol–water partition coefficient (Wildman–Crippen LogP) is 3.85. The molecular weight excluding hydrogens is 410 g/mol. The lowest BCUT2D eigenvalue weighted by molar-refractivity contribution is -0.122. The van der Waals surface area contributed by atoms with Crippen molar-refractivity contribution < 1.29 is 14.3 Å². The molecule has 9 heteroatoms. The van der Waals surface area contributed by atoms with E-state index in [1.807, 2.05) is 13.0 Å². The van der Waals surface area contributed by atoms with E-state index in [1.54, 1.807) is 32.0 Å². The zero-order valence-corrected chi connectivity index (χ0v) is 17.7. The number of hydrogen-bond donors (Lipinski definition) is 2. The van der Waals surface area contributed by atoms with E-state index >= 15 is 0 Å². The van der Waals surface area contributed by atoms with Crippen molar-refractivity contribution in [3.63, 3.8) is 0 Å². The predicted molar refractivity (Wildman–Crippen MR) is 115 cm³/mol. The minimum atomic E-state index is -0.808. The van der Waals surface area contributed by atoms with Gasteiger partial charge in [0, 0.05) is 10.4 Å². The van der Waals surface area contributed by atoms with Crippen LogP contribution in [-0.4, -0.2) is 27.3 Å². The highest BCUT2D eigenvalue weighted by Crippen LogP contribution is 2.31. The molecule has 1 aliphatic heterocycles. The number of carbonyl (C=O) groups is 2. The van der Waals surface area contributed by atoms with Crippen molar-refractivity contribution in [1.82, 2.24) is 9.55 Å². The highest BCUT2D eigenvalue weighted by atomic mass is 32.1. The lowest BCUT2D eigenvalue weighted by Gasteiger charge is -2.24. The molecule has 3 aromatic rings. The maximum atomic E-state index is 13.1. The SMILES string of the molecule is CCc1cc2c(=O)n(C(C)C(=O)c3ccc4c(c3)NC(=O)C(C)O4)c(=S)[nH]c2s1. The number of H-pyrrole nitrogens is 1. The van der Waals surface area contributed by atoms with E-state index in [-0.39, 0.29) is 22.0 Å². The van der Waals surface area contributed by atoms with Crippen LogP contribution in [0.3, 0.4) is 0 Å². The Balaban J connectivity index is 1.74. The van der Waals surface area contributed by atoms with Crippen LogP contribution in [-0.2, 0) is 11.2 Å². The smallest absolute Gasteiger partial charge is 0.265 e. The molecule has 2 unspecified atom stereocenters. The molecule has 29 heavy (non-hydrogen) atoms. The molecule has 1 aromatic carbocycles. The van der Waals surface area contributed by atoms with Crippen molar-refractivity contribution in [2.45, 2.75) is 39.3 Å². The number of thiophene rings is 1. The van der Waals surface area contributed by atoms with Crippen molar-refractivity contribution in [3.05, 3.63) is 49.8 Å². The van der Waals surface area contributed by atoms with E-state index in [9.17, 15) is 14.4 Å². The van der Waals surface area contributed by atoms with E-state index in [4.69, 9.17) is 17.0 Å². The summed E-state index contributed by atoms with van der Waals surface area (Å²) in [5, 5.41) is 3.26. The zero-order chi connectivity index (χ0) is 20.9. The summed E-state index contributed by atoms with van der Waals surface area (Å²) in [4.78, 5) is 42.8. The summed E-state index contributed by atoms with van der Waals surface area (Å²) in [6, 6.07) is 5.86. The molecule has 7 nitrogen and oxygen atoms in total. The number of Topliss-reactive ketones (excluding diaryl/α,β-unsaturated/α-hetero) is 1. The fourth-order valence-electron chi connectivity index (χ4n) is 3.32. The van der Waals surface area contributed by atoms with Crippen LogP contribution >= 0.6 is 23.6 Å². The Morgan fingerprint density at radius 3 is 2.83 bits per heavy atom. The van der Waals surface area contributed by atoms with Gasteiger partial charge >= 0.3 is 0 Å². The molecule has 0 bridgehead atoms. The van der Waals surface area contributed by atoms with Gasteiger partial charge in [-0.1, -0.05) is 6.92 Å². The van der Waals surface area contributed by atoms with Gasteiger partial charge in [0.05, 0.1) is 17.1 Å². The summed E-state index contributed by atoms with van der Waals surface area (Å²) in [5.41, 5.74) is 0.504. The Morgan fingerprint density at radius 2 is 2.10 bits per heavy atom. The van der Waals surface area contributed by atoms with Crippen LogP contribution in [0.25, 0.3) is 10.2 Å². The first-order valence-corrected chi connectivity index (χ1v) is 10.5. The standard InChI is InChI=1S/C20H19N3O4S2/c1-4-12-8-13-18(29-12)22-20(28)23(19(13)26)9(2)16(24)11-5-6-15-14(7-11)21-17(25)10(3)27-15/h5-10H,4H2,1-3H3,(H,21,25)(H,22,28). The molecule has 0 fully saturated rings. The Labute approximate surface area is 175 Å². The van der Waals surface area contributed by atoms with Crippen LogP contribution in [0.2, 0.25) is 0 Å². The molecule has 0 aliphatic carbocycles. The number of carbonyl (C=O) groups excluding carboxylic acids is 2. The summed E-state index contributed by atoms with van der Waals surface area (Å²) in [6.07, 6.45) is 0.222. The molecule has 1 aliphatic rings.